The van der Waals surface area contributed by atoms with Gasteiger partial charge in [-0.1, -0.05) is 35.2 Å². The lowest BCUT2D eigenvalue weighted by Gasteiger charge is -2.01. The Morgan fingerprint density at radius 2 is 2.04 bits per heavy atom. The van der Waals surface area contributed by atoms with Crippen molar-refractivity contribution in [3.8, 4) is 0 Å². The Morgan fingerprint density at radius 1 is 1.22 bits per heavy atom. The Labute approximate surface area is 141 Å². The normalized spacial score (nSPS) is 10.9. The lowest BCUT2D eigenvalue weighted by atomic mass is 10.2. The van der Waals surface area contributed by atoms with Gasteiger partial charge in [-0.3, -0.25) is 4.68 Å². The molecule has 0 spiro atoms. The van der Waals surface area contributed by atoms with Crippen LogP contribution in [0.15, 0.2) is 41.0 Å². The zero-order chi connectivity index (χ0) is 16.1. The summed E-state index contributed by atoms with van der Waals surface area (Å²) in [6.45, 7) is 0.606. The molecule has 0 atom stereocenters. The average Bonchev–Trinajstić information content (AvgIpc) is 3.16. The van der Waals surface area contributed by atoms with E-state index in [1.54, 1.807) is 23.9 Å². The fraction of sp³-hybridized carbons (Fsp3) is 0.267. The molecule has 0 aliphatic heterocycles. The van der Waals surface area contributed by atoms with Gasteiger partial charge in [-0.05, 0) is 29.7 Å². The molecule has 1 aromatic carbocycles. The summed E-state index contributed by atoms with van der Waals surface area (Å²) in [5.74, 6) is 0.718. The van der Waals surface area contributed by atoms with Crippen molar-refractivity contribution in [2.24, 2.45) is 7.05 Å². The summed E-state index contributed by atoms with van der Waals surface area (Å²) in [5.41, 5.74) is 2.23. The van der Waals surface area contributed by atoms with Gasteiger partial charge in [-0.2, -0.15) is 5.10 Å². The summed E-state index contributed by atoms with van der Waals surface area (Å²) in [4.78, 5) is 0. The van der Waals surface area contributed by atoms with Crippen LogP contribution in [0.2, 0.25) is 0 Å². The second-order valence-corrected chi connectivity index (χ2v) is 7.29. The van der Waals surface area contributed by atoms with Gasteiger partial charge in [0.05, 0.1) is 6.20 Å². The number of hydrogen-bond donors (Lipinski definition) is 1. The van der Waals surface area contributed by atoms with E-state index in [4.69, 9.17) is 0 Å². The Bertz CT molecular complexity index is 753. The molecule has 0 amide bonds. The van der Waals surface area contributed by atoms with E-state index in [0.29, 0.717) is 6.54 Å². The third-order valence-electron chi connectivity index (χ3n) is 3.14. The summed E-state index contributed by atoms with van der Waals surface area (Å²) < 4.78 is 15.6. The molecule has 0 radical (unpaired) electrons. The number of rotatable bonds is 7. The summed E-state index contributed by atoms with van der Waals surface area (Å²) in [7, 11) is 1.92. The van der Waals surface area contributed by atoms with E-state index in [0.717, 1.165) is 27.2 Å². The quantitative estimate of drug-likeness (QED) is 0.663. The fourth-order valence-corrected chi connectivity index (χ4v) is 3.78. The summed E-state index contributed by atoms with van der Waals surface area (Å²) in [6.07, 6.45) is 4.86. The number of nitrogens with one attached hydrogen (secondary N) is 1. The molecular formula is C15H16FN5S2. The van der Waals surface area contributed by atoms with Gasteiger partial charge in [-0.15, -0.1) is 10.2 Å². The Hall–Kier alpha value is -1.93. The molecule has 23 heavy (non-hydrogen) atoms. The molecule has 3 aromatic rings. The van der Waals surface area contributed by atoms with E-state index in [1.807, 2.05) is 24.1 Å². The molecule has 0 bridgehead atoms. The van der Waals surface area contributed by atoms with Crippen LogP contribution in [0.25, 0.3) is 0 Å². The molecule has 3 rings (SSSR count). The first-order chi connectivity index (χ1) is 11.2. The first kappa shape index (κ1) is 15.9. The van der Waals surface area contributed by atoms with Crippen molar-refractivity contribution in [2.45, 2.75) is 17.3 Å². The third-order valence-corrected chi connectivity index (χ3v) is 5.15. The molecule has 5 nitrogen and oxygen atoms in total. The molecule has 0 saturated carbocycles. The van der Waals surface area contributed by atoms with E-state index < -0.39 is 0 Å². The average molecular weight is 349 g/mol. The zero-order valence-electron chi connectivity index (χ0n) is 12.6. The van der Waals surface area contributed by atoms with Crippen LogP contribution in [0.5, 0.6) is 0 Å². The molecule has 0 aliphatic rings. The number of halogens is 1. The number of aryl methyl sites for hydroxylation is 2. The summed E-state index contributed by atoms with van der Waals surface area (Å²) >= 11 is 3.22. The van der Waals surface area contributed by atoms with Crippen molar-refractivity contribution in [1.29, 1.82) is 0 Å². The van der Waals surface area contributed by atoms with Gasteiger partial charge in [0.25, 0.3) is 0 Å². The van der Waals surface area contributed by atoms with Crippen molar-refractivity contribution in [1.82, 2.24) is 20.0 Å². The van der Waals surface area contributed by atoms with E-state index >= 15 is 0 Å². The largest absolute Gasteiger partial charge is 0.356 e. The molecule has 2 aromatic heterocycles. The van der Waals surface area contributed by atoms with Gasteiger partial charge < -0.3 is 5.32 Å². The zero-order valence-corrected chi connectivity index (χ0v) is 14.2. The van der Waals surface area contributed by atoms with Crippen LogP contribution in [-0.2, 0) is 20.0 Å². The van der Waals surface area contributed by atoms with E-state index in [1.165, 1.54) is 29.0 Å². The molecule has 0 aliphatic carbocycles. The second-order valence-electron chi connectivity index (χ2n) is 4.97. The van der Waals surface area contributed by atoms with Gasteiger partial charge in [0.15, 0.2) is 4.34 Å². The molecule has 120 valence electrons. The van der Waals surface area contributed by atoms with Crippen LogP contribution in [0.4, 0.5) is 9.52 Å². The van der Waals surface area contributed by atoms with Gasteiger partial charge in [0, 0.05) is 25.5 Å². The monoisotopic (exact) mass is 349 g/mol. The van der Waals surface area contributed by atoms with Crippen molar-refractivity contribution in [2.75, 3.05) is 11.1 Å². The molecule has 2 heterocycles. The standard InChI is InChI=1S/C15H16FN5S2/c1-21-10-12(9-18-21)6-7-22-15-20-19-14(23-15)17-8-11-2-4-13(16)5-3-11/h2-5,9-10H,6-8H2,1H3,(H,17,19). The van der Waals surface area contributed by atoms with Crippen molar-refractivity contribution in [3.63, 3.8) is 0 Å². The first-order valence-corrected chi connectivity index (χ1v) is 8.91. The molecule has 1 N–H and O–H groups in total. The summed E-state index contributed by atoms with van der Waals surface area (Å²) in [5, 5.41) is 16.4. The van der Waals surface area contributed by atoms with Crippen LogP contribution < -0.4 is 5.32 Å². The van der Waals surface area contributed by atoms with Crippen molar-refractivity contribution in [3.05, 3.63) is 53.6 Å². The number of hydrogen-bond acceptors (Lipinski definition) is 6. The van der Waals surface area contributed by atoms with Crippen molar-refractivity contribution < 1.29 is 4.39 Å². The maximum atomic E-state index is 12.8. The van der Waals surface area contributed by atoms with Crippen LogP contribution in [0.3, 0.4) is 0 Å². The van der Waals surface area contributed by atoms with Crippen LogP contribution in [0, 0.1) is 5.82 Å². The van der Waals surface area contributed by atoms with Crippen LogP contribution in [-0.4, -0.2) is 25.7 Å². The highest BCUT2D eigenvalue weighted by atomic mass is 32.2. The molecule has 0 unspecified atom stereocenters. The predicted molar refractivity (Wildman–Crippen MR) is 91.3 cm³/mol. The molecule has 0 saturated heterocycles. The molecular weight excluding hydrogens is 333 g/mol. The van der Waals surface area contributed by atoms with E-state index in [9.17, 15) is 4.39 Å². The number of aromatic nitrogens is 4. The first-order valence-electron chi connectivity index (χ1n) is 7.11. The summed E-state index contributed by atoms with van der Waals surface area (Å²) in [6, 6.07) is 6.42. The van der Waals surface area contributed by atoms with E-state index in [2.05, 4.69) is 20.6 Å². The highest BCUT2D eigenvalue weighted by Crippen LogP contribution is 2.26. The Balaban J connectivity index is 1.45. The number of anilines is 1. The molecule has 8 heteroatoms. The van der Waals surface area contributed by atoms with Crippen molar-refractivity contribution >= 4 is 28.2 Å². The van der Waals surface area contributed by atoms with Gasteiger partial charge in [-0.25, -0.2) is 4.39 Å². The molecule has 0 fully saturated rings. The van der Waals surface area contributed by atoms with Crippen LogP contribution >= 0.6 is 23.1 Å². The van der Waals surface area contributed by atoms with E-state index in [-0.39, 0.29) is 5.82 Å². The Kier molecular flexibility index (Phi) is 5.24. The van der Waals surface area contributed by atoms with Crippen LogP contribution in [0.1, 0.15) is 11.1 Å². The lowest BCUT2D eigenvalue weighted by molar-refractivity contribution is 0.627. The second kappa shape index (κ2) is 7.56. The minimum Gasteiger partial charge on any atom is -0.356 e. The number of thioether (sulfide) groups is 1. The SMILES string of the molecule is Cn1cc(CCSc2nnc(NCc3ccc(F)cc3)s2)cn1. The minimum absolute atomic E-state index is 0.225. The number of benzene rings is 1. The van der Waals surface area contributed by atoms with Gasteiger partial charge >= 0.3 is 0 Å². The maximum Gasteiger partial charge on any atom is 0.206 e. The number of nitrogens with zero attached hydrogens (tertiary/aromatic N) is 4. The Morgan fingerprint density at radius 3 is 2.78 bits per heavy atom. The maximum absolute atomic E-state index is 12.8. The van der Waals surface area contributed by atoms with Gasteiger partial charge in [0.2, 0.25) is 5.13 Å². The highest BCUT2D eigenvalue weighted by Gasteiger charge is 2.05. The highest BCUT2D eigenvalue weighted by molar-refractivity contribution is 8.01. The lowest BCUT2D eigenvalue weighted by Crippen LogP contribution is -1.98. The fourth-order valence-electron chi connectivity index (χ4n) is 1.98. The third kappa shape index (κ3) is 4.77. The topological polar surface area (TPSA) is 55.6 Å². The van der Waals surface area contributed by atoms with Gasteiger partial charge in [0.1, 0.15) is 5.82 Å². The smallest absolute Gasteiger partial charge is 0.206 e. The predicted octanol–water partition coefficient (Wildman–Crippen LogP) is 3.36. The minimum atomic E-state index is -0.225.